The SMILES string of the molecule is COc1ccc(C)cc1NC(=S)N1CCN(CCc2cccs2)CC1. The first-order valence-corrected chi connectivity index (χ1v) is 9.90. The number of hydrogen-bond donors (Lipinski definition) is 1. The molecule has 1 aliphatic heterocycles. The Morgan fingerprint density at radius 3 is 2.72 bits per heavy atom. The topological polar surface area (TPSA) is 27.7 Å². The van der Waals surface area contributed by atoms with Gasteiger partial charge in [0.15, 0.2) is 5.11 Å². The van der Waals surface area contributed by atoms with Crippen LogP contribution in [0.25, 0.3) is 0 Å². The fourth-order valence-electron chi connectivity index (χ4n) is 3.01. The number of thiophene rings is 1. The van der Waals surface area contributed by atoms with Crippen molar-refractivity contribution in [3.8, 4) is 5.75 Å². The summed E-state index contributed by atoms with van der Waals surface area (Å²) < 4.78 is 5.43. The van der Waals surface area contributed by atoms with E-state index >= 15 is 0 Å². The molecule has 2 aromatic rings. The molecular weight excluding hydrogens is 350 g/mol. The number of aryl methyl sites for hydroxylation is 1. The lowest BCUT2D eigenvalue weighted by Crippen LogP contribution is -2.50. The first-order valence-electron chi connectivity index (χ1n) is 8.61. The van der Waals surface area contributed by atoms with E-state index in [1.54, 1.807) is 7.11 Å². The number of piperazine rings is 1. The maximum absolute atomic E-state index is 5.62. The molecule has 0 bridgehead atoms. The van der Waals surface area contributed by atoms with Gasteiger partial charge in [-0.3, -0.25) is 4.90 Å². The number of methoxy groups -OCH3 is 1. The van der Waals surface area contributed by atoms with Gasteiger partial charge in [0.1, 0.15) is 5.75 Å². The van der Waals surface area contributed by atoms with Crippen molar-refractivity contribution in [3.63, 3.8) is 0 Å². The molecule has 0 aliphatic carbocycles. The van der Waals surface area contributed by atoms with Gasteiger partial charge in [-0.2, -0.15) is 0 Å². The maximum atomic E-state index is 5.62. The van der Waals surface area contributed by atoms with E-state index in [2.05, 4.69) is 45.6 Å². The molecule has 0 radical (unpaired) electrons. The van der Waals surface area contributed by atoms with Crippen molar-refractivity contribution in [2.24, 2.45) is 0 Å². The minimum Gasteiger partial charge on any atom is -0.495 e. The summed E-state index contributed by atoms with van der Waals surface area (Å²) in [6.07, 6.45) is 1.14. The molecule has 0 atom stereocenters. The normalized spacial score (nSPS) is 15.2. The predicted octanol–water partition coefficient (Wildman–Crippen LogP) is 3.62. The van der Waals surface area contributed by atoms with Crippen LogP contribution in [0.1, 0.15) is 10.4 Å². The van der Waals surface area contributed by atoms with Crippen LogP contribution in [0.4, 0.5) is 5.69 Å². The highest BCUT2D eigenvalue weighted by Crippen LogP contribution is 2.25. The molecule has 2 heterocycles. The van der Waals surface area contributed by atoms with Gasteiger partial charge in [0.2, 0.25) is 0 Å². The molecule has 1 aliphatic rings. The van der Waals surface area contributed by atoms with E-state index in [4.69, 9.17) is 17.0 Å². The number of thiocarbonyl (C=S) groups is 1. The largest absolute Gasteiger partial charge is 0.495 e. The number of benzene rings is 1. The van der Waals surface area contributed by atoms with Crippen LogP contribution in [-0.2, 0) is 6.42 Å². The van der Waals surface area contributed by atoms with Gasteiger partial charge < -0.3 is 15.0 Å². The molecule has 1 saturated heterocycles. The molecule has 0 unspecified atom stereocenters. The van der Waals surface area contributed by atoms with Crippen LogP contribution in [0.2, 0.25) is 0 Å². The Morgan fingerprint density at radius 1 is 1.24 bits per heavy atom. The number of nitrogens with zero attached hydrogens (tertiary/aromatic N) is 2. The van der Waals surface area contributed by atoms with Crippen LogP contribution in [0.3, 0.4) is 0 Å². The predicted molar refractivity (Wildman–Crippen MR) is 110 cm³/mol. The van der Waals surface area contributed by atoms with E-state index in [0.717, 1.165) is 55.7 Å². The quantitative estimate of drug-likeness (QED) is 0.806. The van der Waals surface area contributed by atoms with E-state index in [9.17, 15) is 0 Å². The van der Waals surface area contributed by atoms with Crippen molar-refractivity contribution in [1.29, 1.82) is 0 Å². The molecule has 1 N–H and O–H groups in total. The molecule has 3 rings (SSSR count). The van der Waals surface area contributed by atoms with E-state index in [0.29, 0.717) is 0 Å². The van der Waals surface area contributed by atoms with Gasteiger partial charge in [0.25, 0.3) is 0 Å². The molecule has 1 fully saturated rings. The summed E-state index contributed by atoms with van der Waals surface area (Å²) in [4.78, 5) is 6.23. The van der Waals surface area contributed by atoms with Crippen LogP contribution >= 0.6 is 23.6 Å². The van der Waals surface area contributed by atoms with Crippen molar-refractivity contribution in [2.45, 2.75) is 13.3 Å². The summed E-state index contributed by atoms with van der Waals surface area (Å²) in [6.45, 7) is 7.23. The summed E-state index contributed by atoms with van der Waals surface area (Å²) in [5, 5.41) is 6.29. The van der Waals surface area contributed by atoms with Crippen molar-refractivity contribution in [3.05, 3.63) is 46.2 Å². The van der Waals surface area contributed by atoms with Gasteiger partial charge in [-0.25, -0.2) is 0 Å². The zero-order valence-corrected chi connectivity index (χ0v) is 16.5. The van der Waals surface area contributed by atoms with Crippen molar-refractivity contribution < 1.29 is 4.74 Å². The van der Waals surface area contributed by atoms with E-state index in [1.807, 2.05) is 23.5 Å². The molecule has 6 heteroatoms. The molecule has 1 aromatic heterocycles. The average molecular weight is 376 g/mol. The zero-order valence-electron chi connectivity index (χ0n) is 14.8. The molecule has 25 heavy (non-hydrogen) atoms. The Bertz CT molecular complexity index is 695. The molecular formula is C19H25N3OS2. The molecule has 134 valence electrons. The third-order valence-electron chi connectivity index (χ3n) is 4.51. The highest BCUT2D eigenvalue weighted by atomic mass is 32.1. The number of ether oxygens (including phenoxy) is 1. The van der Waals surface area contributed by atoms with Gasteiger partial charge in [-0.1, -0.05) is 12.1 Å². The summed E-state index contributed by atoms with van der Waals surface area (Å²) in [5.41, 5.74) is 2.12. The fourth-order valence-corrected chi connectivity index (χ4v) is 4.00. The Kier molecular flexibility index (Phi) is 6.29. The Morgan fingerprint density at radius 2 is 2.04 bits per heavy atom. The van der Waals surface area contributed by atoms with Crippen LogP contribution in [-0.4, -0.2) is 54.7 Å². The van der Waals surface area contributed by atoms with Crippen LogP contribution in [0.15, 0.2) is 35.7 Å². The molecule has 0 spiro atoms. The van der Waals surface area contributed by atoms with E-state index in [-0.39, 0.29) is 0 Å². The molecule has 0 saturated carbocycles. The van der Waals surface area contributed by atoms with Gasteiger partial charge >= 0.3 is 0 Å². The van der Waals surface area contributed by atoms with E-state index in [1.165, 1.54) is 10.4 Å². The highest BCUT2D eigenvalue weighted by molar-refractivity contribution is 7.80. The van der Waals surface area contributed by atoms with Gasteiger partial charge in [-0.05, 0) is 54.7 Å². The van der Waals surface area contributed by atoms with Crippen molar-refractivity contribution in [1.82, 2.24) is 9.80 Å². The lowest BCUT2D eigenvalue weighted by atomic mass is 10.2. The first-order chi connectivity index (χ1) is 12.2. The lowest BCUT2D eigenvalue weighted by molar-refractivity contribution is 0.186. The summed E-state index contributed by atoms with van der Waals surface area (Å²) in [6, 6.07) is 10.4. The Hall–Kier alpha value is -1.63. The number of anilines is 1. The molecule has 0 amide bonds. The number of hydrogen-bond acceptors (Lipinski definition) is 4. The van der Waals surface area contributed by atoms with Crippen LogP contribution in [0, 0.1) is 6.92 Å². The third kappa shape index (κ3) is 4.93. The lowest BCUT2D eigenvalue weighted by Gasteiger charge is -2.36. The highest BCUT2D eigenvalue weighted by Gasteiger charge is 2.19. The third-order valence-corrected chi connectivity index (χ3v) is 5.81. The van der Waals surface area contributed by atoms with Gasteiger partial charge in [0, 0.05) is 37.6 Å². The number of rotatable bonds is 5. The Balaban J connectivity index is 1.49. The number of nitrogens with one attached hydrogen (secondary N) is 1. The second-order valence-corrected chi connectivity index (χ2v) is 7.71. The van der Waals surface area contributed by atoms with Gasteiger partial charge in [-0.15, -0.1) is 11.3 Å². The smallest absolute Gasteiger partial charge is 0.173 e. The Labute approximate surface area is 159 Å². The minimum absolute atomic E-state index is 0.779. The van der Waals surface area contributed by atoms with Gasteiger partial charge in [0.05, 0.1) is 12.8 Å². The second kappa shape index (κ2) is 8.65. The monoisotopic (exact) mass is 375 g/mol. The van der Waals surface area contributed by atoms with Crippen molar-refractivity contribution >= 4 is 34.4 Å². The molecule has 4 nitrogen and oxygen atoms in total. The fraction of sp³-hybridized carbons (Fsp3) is 0.421. The standard InChI is InChI=1S/C19H25N3OS2/c1-15-5-6-18(23-2)17(14-15)20-19(24)22-11-9-21(10-12-22)8-7-16-4-3-13-25-16/h3-6,13-14H,7-12H2,1-2H3,(H,20,24). The average Bonchev–Trinajstić information content (AvgIpc) is 3.14. The summed E-state index contributed by atoms with van der Waals surface area (Å²) in [5.74, 6) is 0.822. The minimum atomic E-state index is 0.779. The molecule has 1 aromatic carbocycles. The van der Waals surface area contributed by atoms with Crippen LogP contribution < -0.4 is 10.1 Å². The van der Waals surface area contributed by atoms with E-state index < -0.39 is 0 Å². The summed E-state index contributed by atoms with van der Waals surface area (Å²) in [7, 11) is 1.69. The first kappa shape index (κ1) is 18.2. The maximum Gasteiger partial charge on any atom is 0.173 e. The van der Waals surface area contributed by atoms with Crippen LogP contribution in [0.5, 0.6) is 5.75 Å². The van der Waals surface area contributed by atoms with Crippen molar-refractivity contribution in [2.75, 3.05) is 45.2 Å². The second-order valence-electron chi connectivity index (χ2n) is 6.29. The zero-order chi connectivity index (χ0) is 17.6. The summed E-state index contributed by atoms with van der Waals surface area (Å²) >= 11 is 7.46.